The van der Waals surface area contributed by atoms with E-state index in [1.165, 1.54) is 0 Å². The third-order valence-electron chi connectivity index (χ3n) is 4.42. The summed E-state index contributed by atoms with van der Waals surface area (Å²) in [6, 6.07) is 15.3. The van der Waals surface area contributed by atoms with Gasteiger partial charge in [-0.1, -0.05) is 43.2 Å². The maximum absolute atomic E-state index is 11.8. The Labute approximate surface area is 147 Å². The summed E-state index contributed by atoms with van der Waals surface area (Å²) in [5, 5.41) is 13.0. The number of hydrogen-bond donors (Lipinski definition) is 2. The van der Waals surface area contributed by atoms with Crippen LogP contribution in [0.15, 0.2) is 48.5 Å². The highest BCUT2D eigenvalue weighted by Crippen LogP contribution is 2.31. The third kappa shape index (κ3) is 3.91. The van der Waals surface area contributed by atoms with E-state index < -0.39 is 5.97 Å². The van der Waals surface area contributed by atoms with Crippen molar-refractivity contribution in [3.63, 3.8) is 0 Å². The first-order valence-electron chi connectivity index (χ1n) is 8.72. The van der Waals surface area contributed by atoms with Crippen LogP contribution >= 0.6 is 0 Å². The molecule has 0 saturated heterocycles. The van der Waals surface area contributed by atoms with Crippen molar-refractivity contribution in [3.8, 4) is 5.75 Å². The smallest absolute Gasteiger partial charge is 0.336 e. The monoisotopic (exact) mass is 337 g/mol. The van der Waals surface area contributed by atoms with E-state index in [4.69, 9.17) is 10.5 Å². The fraction of sp³-hybridized carbons (Fsp3) is 0.286. The van der Waals surface area contributed by atoms with E-state index in [1.807, 2.05) is 48.5 Å². The summed E-state index contributed by atoms with van der Waals surface area (Å²) in [4.78, 5) is 11.8. The standard InChI is InChI=1S/C21H23NO3/c22-11-5-1-2-6-12-25-17-10-9-16-13-15-7-3-4-8-18(15)20(21(23)24)19(16)14-17/h3-4,7-10,13-14H,1-2,5-6,11-12,22H2,(H,23,24). The zero-order valence-corrected chi connectivity index (χ0v) is 14.2. The van der Waals surface area contributed by atoms with Crippen molar-refractivity contribution < 1.29 is 14.6 Å². The van der Waals surface area contributed by atoms with Gasteiger partial charge in [0, 0.05) is 5.39 Å². The molecule has 0 aromatic heterocycles. The van der Waals surface area contributed by atoms with Gasteiger partial charge in [-0.2, -0.15) is 0 Å². The first kappa shape index (κ1) is 17.2. The number of aromatic carboxylic acids is 1. The molecule has 0 radical (unpaired) electrons. The number of fused-ring (bicyclic) bond motifs is 2. The van der Waals surface area contributed by atoms with Crippen molar-refractivity contribution in [2.45, 2.75) is 25.7 Å². The van der Waals surface area contributed by atoms with Gasteiger partial charge < -0.3 is 15.6 Å². The number of carboxylic acid groups (broad SMARTS) is 1. The lowest BCUT2D eigenvalue weighted by Crippen LogP contribution is -2.02. The molecule has 3 rings (SSSR count). The second kappa shape index (κ2) is 7.99. The van der Waals surface area contributed by atoms with Crippen LogP contribution in [-0.2, 0) is 0 Å². The lowest BCUT2D eigenvalue weighted by atomic mass is 9.96. The second-order valence-electron chi connectivity index (χ2n) is 6.21. The van der Waals surface area contributed by atoms with Crippen LogP contribution in [0.1, 0.15) is 36.0 Å². The number of carboxylic acids is 1. The Kier molecular flexibility index (Phi) is 5.51. The predicted molar refractivity (Wildman–Crippen MR) is 101 cm³/mol. The summed E-state index contributed by atoms with van der Waals surface area (Å²) < 4.78 is 5.82. The fourth-order valence-electron chi connectivity index (χ4n) is 3.15. The molecule has 0 aliphatic rings. The predicted octanol–water partition coefficient (Wildman–Crippen LogP) is 4.59. The van der Waals surface area contributed by atoms with E-state index in [0.29, 0.717) is 23.3 Å². The van der Waals surface area contributed by atoms with Crippen molar-refractivity contribution in [1.29, 1.82) is 0 Å². The fourth-order valence-corrected chi connectivity index (χ4v) is 3.15. The molecular weight excluding hydrogens is 314 g/mol. The number of nitrogens with two attached hydrogens (primary N) is 1. The lowest BCUT2D eigenvalue weighted by Gasteiger charge is -2.11. The minimum absolute atomic E-state index is 0.335. The lowest BCUT2D eigenvalue weighted by molar-refractivity contribution is 0.0701. The van der Waals surface area contributed by atoms with Crippen LogP contribution in [0.3, 0.4) is 0 Å². The Bertz CT molecular complexity index is 889. The molecule has 25 heavy (non-hydrogen) atoms. The van der Waals surface area contributed by atoms with E-state index in [0.717, 1.165) is 48.4 Å². The van der Waals surface area contributed by atoms with Gasteiger partial charge in [-0.15, -0.1) is 0 Å². The molecule has 0 bridgehead atoms. The molecule has 0 aliphatic heterocycles. The number of benzene rings is 3. The second-order valence-corrected chi connectivity index (χ2v) is 6.21. The molecule has 130 valence electrons. The third-order valence-corrected chi connectivity index (χ3v) is 4.42. The Morgan fingerprint density at radius 2 is 1.68 bits per heavy atom. The molecule has 0 heterocycles. The van der Waals surface area contributed by atoms with Gasteiger partial charge in [0.1, 0.15) is 5.75 Å². The SMILES string of the molecule is NCCCCCCOc1ccc2cc3ccccc3c(C(=O)O)c2c1. The topological polar surface area (TPSA) is 72.5 Å². The number of carbonyl (C=O) groups is 1. The Morgan fingerprint density at radius 3 is 2.48 bits per heavy atom. The van der Waals surface area contributed by atoms with E-state index in [1.54, 1.807) is 0 Å². The molecule has 0 atom stereocenters. The number of unbranched alkanes of at least 4 members (excludes halogenated alkanes) is 3. The van der Waals surface area contributed by atoms with E-state index in [-0.39, 0.29) is 0 Å². The molecular formula is C21H23NO3. The quantitative estimate of drug-likeness (QED) is 0.466. The summed E-state index contributed by atoms with van der Waals surface area (Å²) in [6.45, 7) is 1.36. The summed E-state index contributed by atoms with van der Waals surface area (Å²) in [7, 11) is 0. The van der Waals surface area contributed by atoms with Crippen LogP contribution < -0.4 is 10.5 Å². The molecule has 4 heteroatoms. The van der Waals surface area contributed by atoms with E-state index in [9.17, 15) is 9.90 Å². The highest BCUT2D eigenvalue weighted by atomic mass is 16.5. The minimum Gasteiger partial charge on any atom is -0.494 e. The first-order valence-corrected chi connectivity index (χ1v) is 8.72. The van der Waals surface area contributed by atoms with Gasteiger partial charge >= 0.3 is 5.97 Å². The van der Waals surface area contributed by atoms with Gasteiger partial charge in [-0.05, 0) is 53.7 Å². The van der Waals surface area contributed by atoms with Gasteiger partial charge in [-0.3, -0.25) is 0 Å². The van der Waals surface area contributed by atoms with Crippen molar-refractivity contribution in [2.75, 3.05) is 13.2 Å². The molecule has 3 aromatic carbocycles. The molecule has 0 amide bonds. The summed E-state index contributed by atoms with van der Waals surface area (Å²) >= 11 is 0. The van der Waals surface area contributed by atoms with Crippen LogP contribution in [0.2, 0.25) is 0 Å². The highest BCUT2D eigenvalue weighted by Gasteiger charge is 2.14. The normalized spacial score (nSPS) is 11.1. The molecule has 0 saturated carbocycles. The molecule has 0 spiro atoms. The molecule has 3 N–H and O–H groups in total. The molecule has 0 fully saturated rings. The zero-order chi connectivity index (χ0) is 17.6. The highest BCUT2D eigenvalue weighted by molar-refractivity contribution is 6.16. The van der Waals surface area contributed by atoms with Gasteiger partial charge in [0.2, 0.25) is 0 Å². The number of rotatable bonds is 8. The molecule has 0 unspecified atom stereocenters. The summed E-state index contributed by atoms with van der Waals surface area (Å²) in [6.07, 6.45) is 4.23. The largest absolute Gasteiger partial charge is 0.494 e. The van der Waals surface area contributed by atoms with Gasteiger partial charge in [0.05, 0.1) is 12.2 Å². The molecule has 0 aliphatic carbocycles. The Hall–Kier alpha value is -2.59. The van der Waals surface area contributed by atoms with Crippen LogP contribution in [-0.4, -0.2) is 24.2 Å². The molecule has 4 nitrogen and oxygen atoms in total. The van der Waals surface area contributed by atoms with E-state index in [2.05, 4.69) is 0 Å². The molecule has 3 aromatic rings. The minimum atomic E-state index is -0.916. The maximum Gasteiger partial charge on any atom is 0.336 e. The van der Waals surface area contributed by atoms with Crippen LogP contribution in [0.25, 0.3) is 21.5 Å². The van der Waals surface area contributed by atoms with E-state index >= 15 is 0 Å². The van der Waals surface area contributed by atoms with Crippen LogP contribution in [0.5, 0.6) is 5.75 Å². The number of hydrogen-bond acceptors (Lipinski definition) is 3. The maximum atomic E-state index is 11.8. The zero-order valence-electron chi connectivity index (χ0n) is 14.2. The Morgan fingerprint density at radius 1 is 0.920 bits per heavy atom. The van der Waals surface area contributed by atoms with Crippen LogP contribution in [0.4, 0.5) is 0 Å². The van der Waals surface area contributed by atoms with Crippen molar-refractivity contribution >= 4 is 27.5 Å². The summed E-state index contributed by atoms with van der Waals surface area (Å²) in [5.41, 5.74) is 5.82. The summed E-state index contributed by atoms with van der Waals surface area (Å²) in [5.74, 6) is -0.204. The van der Waals surface area contributed by atoms with Crippen LogP contribution in [0, 0.1) is 0 Å². The van der Waals surface area contributed by atoms with Crippen molar-refractivity contribution in [3.05, 3.63) is 54.1 Å². The number of ether oxygens (including phenoxy) is 1. The average molecular weight is 337 g/mol. The average Bonchev–Trinajstić information content (AvgIpc) is 2.62. The van der Waals surface area contributed by atoms with Gasteiger partial charge in [0.25, 0.3) is 0 Å². The van der Waals surface area contributed by atoms with Gasteiger partial charge in [0.15, 0.2) is 0 Å². The Balaban J connectivity index is 1.87. The first-order chi connectivity index (χ1) is 12.2. The van der Waals surface area contributed by atoms with Crippen molar-refractivity contribution in [2.24, 2.45) is 5.73 Å². The van der Waals surface area contributed by atoms with Crippen molar-refractivity contribution in [1.82, 2.24) is 0 Å². The van der Waals surface area contributed by atoms with Gasteiger partial charge in [-0.25, -0.2) is 4.79 Å².